The molecule has 1 fully saturated rings. The van der Waals surface area contributed by atoms with Gasteiger partial charge >= 0.3 is 0 Å². The van der Waals surface area contributed by atoms with Gasteiger partial charge in [0.05, 0.1) is 12.2 Å². The lowest BCUT2D eigenvalue weighted by Gasteiger charge is -2.35. The Morgan fingerprint density at radius 3 is 2.38 bits per heavy atom. The fourth-order valence-corrected chi connectivity index (χ4v) is 3.29. The number of ether oxygens (including phenoxy) is 1. The standard InChI is InChI=1S/C21H25FN2O2/c1-15-13-24(14-16(2)26-15)21(25)19-8-6-17(7-9-19)11-23-12-18-4-3-5-20(22)10-18/h3-10,15-16,23H,11-14H2,1-2H3. The summed E-state index contributed by atoms with van der Waals surface area (Å²) >= 11 is 0. The van der Waals surface area contributed by atoms with Crippen molar-refractivity contribution in [3.63, 3.8) is 0 Å². The van der Waals surface area contributed by atoms with E-state index >= 15 is 0 Å². The highest BCUT2D eigenvalue weighted by atomic mass is 19.1. The van der Waals surface area contributed by atoms with Crippen molar-refractivity contribution in [1.29, 1.82) is 0 Å². The Morgan fingerprint density at radius 2 is 1.73 bits per heavy atom. The number of benzene rings is 2. The van der Waals surface area contributed by atoms with Gasteiger partial charge in [0.2, 0.25) is 0 Å². The first kappa shape index (κ1) is 18.5. The molecule has 2 unspecified atom stereocenters. The molecule has 1 N–H and O–H groups in total. The Balaban J connectivity index is 1.53. The number of halogens is 1. The Kier molecular flexibility index (Phi) is 6.01. The van der Waals surface area contributed by atoms with Crippen molar-refractivity contribution < 1.29 is 13.9 Å². The first-order valence-corrected chi connectivity index (χ1v) is 9.00. The first-order chi connectivity index (χ1) is 12.5. The van der Waals surface area contributed by atoms with Gasteiger partial charge in [0.25, 0.3) is 5.91 Å². The van der Waals surface area contributed by atoms with E-state index in [-0.39, 0.29) is 23.9 Å². The molecule has 1 aliphatic rings. The molecule has 0 saturated carbocycles. The van der Waals surface area contributed by atoms with E-state index in [1.54, 1.807) is 6.07 Å². The van der Waals surface area contributed by atoms with Crippen molar-refractivity contribution in [3.05, 3.63) is 71.0 Å². The van der Waals surface area contributed by atoms with Gasteiger partial charge in [-0.05, 0) is 49.2 Å². The zero-order valence-electron chi connectivity index (χ0n) is 15.2. The van der Waals surface area contributed by atoms with Crippen LogP contribution < -0.4 is 5.32 Å². The van der Waals surface area contributed by atoms with Gasteiger partial charge in [0.15, 0.2) is 0 Å². The van der Waals surface area contributed by atoms with Crippen molar-refractivity contribution in [2.24, 2.45) is 0 Å². The summed E-state index contributed by atoms with van der Waals surface area (Å²) in [5.74, 6) is -0.176. The minimum Gasteiger partial charge on any atom is -0.372 e. The second-order valence-electron chi connectivity index (χ2n) is 6.90. The van der Waals surface area contributed by atoms with E-state index in [0.29, 0.717) is 31.7 Å². The van der Waals surface area contributed by atoms with Gasteiger partial charge in [-0.15, -0.1) is 0 Å². The molecular formula is C21H25FN2O2. The van der Waals surface area contributed by atoms with Crippen LogP contribution in [0.15, 0.2) is 48.5 Å². The third-order valence-corrected chi connectivity index (χ3v) is 4.45. The Hall–Kier alpha value is -2.24. The molecule has 0 spiro atoms. The smallest absolute Gasteiger partial charge is 0.254 e. The van der Waals surface area contributed by atoms with E-state index in [1.807, 2.05) is 49.1 Å². The summed E-state index contributed by atoms with van der Waals surface area (Å²) in [4.78, 5) is 14.5. The normalized spacial score (nSPS) is 20.2. The summed E-state index contributed by atoms with van der Waals surface area (Å²) in [7, 11) is 0. The molecular weight excluding hydrogens is 331 g/mol. The second-order valence-corrected chi connectivity index (χ2v) is 6.90. The Labute approximate surface area is 154 Å². The number of nitrogens with one attached hydrogen (secondary N) is 1. The van der Waals surface area contributed by atoms with Crippen molar-refractivity contribution in [2.75, 3.05) is 13.1 Å². The quantitative estimate of drug-likeness (QED) is 0.893. The topological polar surface area (TPSA) is 41.6 Å². The molecule has 2 atom stereocenters. The van der Waals surface area contributed by atoms with Crippen molar-refractivity contribution in [2.45, 2.75) is 39.1 Å². The average Bonchev–Trinajstić information content (AvgIpc) is 2.61. The van der Waals surface area contributed by atoms with E-state index in [9.17, 15) is 9.18 Å². The Morgan fingerprint density at radius 1 is 1.08 bits per heavy atom. The molecule has 138 valence electrons. The number of carbonyl (C=O) groups excluding carboxylic acids is 1. The molecule has 1 heterocycles. The number of hydrogen-bond acceptors (Lipinski definition) is 3. The van der Waals surface area contributed by atoms with E-state index in [2.05, 4.69) is 5.32 Å². The van der Waals surface area contributed by atoms with Crippen LogP contribution in [0.3, 0.4) is 0 Å². The van der Waals surface area contributed by atoms with Gasteiger partial charge in [-0.1, -0.05) is 24.3 Å². The van der Waals surface area contributed by atoms with Gasteiger partial charge in [-0.2, -0.15) is 0 Å². The highest BCUT2D eigenvalue weighted by molar-refractivity contribution is 5.94. The van der Waals surface area contributed by atoms with Crippen LogP contribution in [0.25, 0.3) is 0 Å². The van der Waals surface area contributed by atoms with Gasteiger partial charge in [0.1, 0.15) is 5.82 Å². The lowest BCUT2D eigenvalue weighted by molar-refractivity contribution is -0.0586. The van der Waals surface area contributed by atoms with E-state index in [0.717, 1.165) is 11.1 Å². The van der Waals surface area contributed by atoms with Crippen LogP contribution in [0.4, 0.5) is 4.39 Å². The molecule has 0 radical (unpaired) electrons. The molecule has 5 heteroatoms. The SMILES string of the molecule is CC1CN(C(=O)c2ccc(CNCc3cccc(F)c3)cc2)CC(C)O1. The minimum absolute atomic E-state index is 0.0475. The summed E-state index contributed by atoms with van der Waals surface area (Å²) in [5, 5.41) is 3.29. The number of carbonyl (C=O) groups is 1. The number of nitrogens with zero attached hydrogens (tertiary/aromatic N) is 1. The molecule has 0 aromatic heterocycles. The lowest BCUT2D eigenvalue weighted by atomic mass is 10.1. The van der Waals surface area contributed by atoms with Crippen LogP contribution in [0.2, 0.25) is 0 Å². The highest BCUT2D eigenvalue weighted by Crippen LogP contribution is 2.15. The van der Waals surface area contributed by atoms with Crippen molar-refractivity contribution in [1.82, 2.24) is 10.2 Å². The summed E-state index contributed by atoms with van der Waals surface area (Å²) in [5.41, 5.74) is 2.69. The molecule has 4 nitrogen and oxygen atoms in total. The predicted octanol–water partition coefficient (Wildman–Crippen LogP) is 3.36. The molecule has 26 heavy (non-hydrogen) atoms. The number of amides is 1. The van der Waals surface area contributed by atoms with Gasteiger partial charge in [-0.25, -0.2) is 4.39 Å². The predicted molar refractivity (Wildman–Crippen MR) is 99.3 cm³/mol. The fourth-order valence-electron chi connectivity index (χ4n) is 3.29. The van der Waals surface area contributed by atoms with Crippen LogP contribution >= 0.6 is 0 Å². The Bertz CT molecular complexity index is 738. The second kappa shape index (κ2) is 8.43. The summed E-state index contributed by atoms with van der Waals surface area (Å²) in [6, 6.07) is 14.2. The lowest BCUT2D eigenvalue weighted by Crippen LogP contribution is -2.48. The summed E-state index contributed by atoms with van der Waals surface area (Å²) in [6.07, 6.45) is 0.128. The average molecular weight is 356 g/mol. The molecule has 1 amide bonds. The highest BCUT2D eigenvalue weighted by Gasteiger charge is 2.26. The van der Waals surface area contributed by atoms with Crippen molar-refractivity contribution in [3.8, 4) is 0 Å². The monoisotopic (exact) mass is 356 g/mol. The first-order valence-electron chi connectivity index (χ1n) is 9.00. The molecule has 0 aliphatic carbocycles. The van der Waals surface area contributed by atoms with E-state index in [1.165, 1.54) is 12.1 Å². The summed E-state index contributed by atoms with van der Waals surface area (Å²) < 4.78 is 18.9. The molecule has 0 bridgehead atoms. The minimum atomic E-state index is -0.223. The van der Waals surface area contributed by atoms with E-state index in [4.69, 9.17) is 4.74 Å². The third kappa shape index (κ3) is 4.90. The third-order valence-electron chi connectivity index (χ3n) is 4.45. The maximum atomic E-state index is 13.2. The maximum Gasteiger partial charge on any atom is 0.254 e. The van der Waals surface area contributed by atoms with Crippen LogP contribution in [0.5, 0.6) is 0 Å². The van der Waals surface area contributed by atoms with Gasteiger partial charge in [0, 0.05) is 31.7 Å². The molecule has 1 aliphatic heterocycles. The molecule has 2 aromatic carbocycles. The maximum absolute atomic E-state index is 13.2. The van der Waals surface area contributed by atoms with Gasteiger partial charge in [-0.3, -0.25) is 4.79 Å². The molecule has 2 aromatic rings. The number of rotatable bonds is 5. The van der Waals surface area contributed by atoms with E-state index < -0.39 is 0 Å². The van der Waals surface area contributed by atoms with Gasteiger partial charge < -0.3 is 15.0 Å². The number of hydrogen-bond donors (Lipinski definition) is 1. The van der Waals surface area contributed by atoms with Crippen LogP contribution in [-0.4, -0.2) is 36.1 Å². The van der Waals surface area contributed by atoms with Crippen LogP contribution in [0, 0.1) is 5.82 Å². The van der Waals surface area contributed by atoms with Crippen LogP contribution in [0.1, 0.15) is 35.3 Å². The molecule has 3 rings (SSSR count). The van der Waals surface area contributed by atoms with Crippen molar-refractivity contribution >= 4 is 5.91 Å². The zero-order chi connectivity index (χ0) is 18.5. The zero-order valence-corrected chi connectivity index (χ0v) is 15.2. The number of morpholine rings is 1. The largest absolute Gasteiger partial charge is 0.372 e. The fraction of sp³-hybridized carbons (Fsp3) is 0.381. The van der Waals surface area contributed by atoms with Crippen LogP contribution in [-0.2, 0) is 17.8 Å². The summed E-state index contributed by atoms with van der Waals surface area (Å²) in [6.45, 7) is 6.49. The molecule has 1 saturated heterocycles.